The third-order valence-corrected chi connectivity index (χ3v) is 5.13. The Balaban J connectivity index is 1.91. The molecule has 3 aromatic rings. The maximum absolute atomic E-state index is 12.2. The van der Waals surface area contributed by atoms with Crippen LogP contribution in [0.5, 0.6) is 0 Å². The molecule has 0 atom stereocenters. The van der Waals surface area contributed by atoms with Gasteiger partial charge in [-0.25, -0.2) is 4.98 Å². The normalized spacial score (nSPS) is 11.1. The minimum Gasteiger partial charge on any atom is -0.290 e. The van der Waals surface area contributed by atoms with E-state index in [0.29, 0.717) is 4.70 Å². The Kier molecular flexibility index (Phi) is 3.83. The van der Waals surface area contributed by atoms with Crippen molar-refractivity contribution < 1.29 is 0 Å². The summed E-state index contributed by atoms with van der Waals surface area (Å²) in [4.78, 5) is 16.7. The fourth-order valence-corrected chi connectivity index (χ4v) is 3.80. The van der Waals surface area contributed by atoms with Gasteiger partial charge in [-0.3, -0.25) is 9.36 Å². The predicted molar refractivity (Wildman–Crippen MR) is 85.9 cm³/mol. The minimum atomic E-state index is 0.0126. The molecular weight excluding hydrogens is 312 g/mol. The number of thiophene rings is 1. The molecule has 0 spiro atoms. The van der Waals surface area contributed by atoms with Crippen molar-refractivity contribution in [3.05, 3.63) is 56.7 Å². The van der Waals surface area contributed by atoms with E-state index in [-0.39, 0.29) is 5.56 Å². The first-order valence-electron chi connectivity index (χ1n) is 5.96. The second-order valence-electron chi connectivity index (χ2n) is 4.31. The second kappa shape index (κ2) is 5.60. The highest BCUT2D eigenvalue weighted by atomic mass is 35.5. The Bertz CT molecular complexity index is 825. The standard InChI is InChI=1S/C14H11ClN2OS2/c1-17-13(18)12-11(5-6-19-12)16-14(17)20-8-9-3-2-4-10(15)7-9/h2-7H,8H2,1H3. The highest BCUT2D eigenvalue weighted by Crippen LogP contribution is 2.24. The molecule has 3 nitrogen and oxygen atoms in total. The molecule has 2 aromatic heterocycles. The monoisotopic (exact) mass is 322 g/mol. The van der Waals surface area contributed by atoms with Crippen LogP contribution >= 0.6 is 34.7 Å². The van der Waals surface area contributed by atoms with E-state index in [1.54, 1.807) is 11.6 Å². The Hall–Kier alpha value is -1.30. The van der Waals surface area contributed by atoms with Gasteiger partial charge in [0.2, 0.25) is 0 Å². The first-order valence-corrected chi connectivity index (χ1v) is 8.21. The van der Waals surface area contributed by atoms with E-state index in [4.69, 9.17) is 11.6 Å². The van der Waals surface area contributed by atoms with E-state index < -0.39 is 0 Å². The molecule has 20 heavy (non-hydrogen) atoms. The van der Waals surface area contributed by atoms with Crippen LogP contribution in [0.4, 0.5) is 0 Å². The molecule has 0 radical (unpaired) electrons. The summed E-state index contributed by atoms with van der Waals surface area (Å²) in [5, 5.41) is 3.34. The van der Waals surface area contributed by atoms with E-state index in [9.17, 15) is 4.79 Å². The molecule has 0 aliphatic rings. The summed E-state index contributed by atoms with van der Waals surface area (Å²) in [5.41, 5.74) is 1.90. The molecule has 102 valence electrons. The lowest BCUT2D eigenvalue weighted by Crippen LogP contribution is -2.18. The number of hydrogen-bond donors (Lipinski definition) is 0. The van der Waals surface area contributed by atoms with E-state index in [1.807, 2.05) is 35.7 Å². The summed E-state index contributed by atoms with van der Waals surface area (Å²) in [7, 11) is 1.76. The third-order valence-electron chi connectivity index (χ3n) is 2.90. The Morgan fingerprint density at radius 3 is 3.05 bits per heavy atom. The summed E-state index contributed by atoms with van der Waals surface area (Å²) in [6.45, 7) is 0. The van der Waals surface area contributed by atoms with Crippen molar-refractivity contribution >= 4 is 44.9 Å². The van der Waals surface area contributed by atoms with Gasteiger partial charge in [-0.1, -0.05) is 35.5 Å². The van der Waals surface area contributed by atoms with Gasteiger partial charge >= 0.3 is 0 Å². The lowest BCUT2D eigenvalue weighted by molar-refractivity contribution is 0.728. The Morgan fingerprint density at radius 2 is 2.25 bits per heavy atom. The summed E-state index contributed by atoms with van der Waals surface area (Å²) in [6.07, 6.45) is 0. The highest BCUT2D eigenvalue weighted by molar-refractivity contribution is 7.98. The van der Waals surface area contributed by atoms with Crippen molar-refractivity contribution in [1.82, 2.24) is 9.55 Å². The zero-order valence-electron chi connectivity index (χ0n) is 10.7. The van der Waals surface area contributed by atoms with Gasteiger partial charge < -0.3 is 0 Å². The molecule has 6 heteroatoms. The highest BCUT2D eigenvalue weighted by Gasteiger charge is 2.09. The summed E-state index contributed by atoms with van der Waals surface area (Å²) in [6, 6.07) is 9.59. The van der Waals surface area contributed by atoms with Crippen molar-refractivity contribution in [3.63, 3.8) is 0 Å². The van der Waals surface area contributed by atoms with Crippen LogP contribution in [-0.4, -0.2) is 9.55 Å². The molecule has 1 aromatic carbocycles. The smallest absolute Gasteiger partial charge is 0.271 e. The van der Waals surface area contributed by atoms with E-state index in [1.165, 1.54) is 23.1 Å². The summed E-state index contributed by atoms with van der Waals surface area (Å²) >= 11 is 8.94. The van der Waals surface area contributed by atoms with Gasteiger partial charge in [-0.2, -0.15) is 0 Å². The Morgan fingerprint density at radius 1 is 1.40 bits per heavy atom. The first-order chi connectivity index (χ1) is 9.65. The third kappa shape index (κ3) is 2.61. The van der Waals surface area contributed by atoms with Crippen molar-refractivity contribution in [2.75, 3.05) is 0 Å². The fraction of sp³-hybridized carbons (Fsp3) is 0.143. The second-order valence-corrected chi connectivity index (χ2v) is 6.61. The SMILES string of the molecule is Cn1c(SCc2cccc(Cl)c2)nc2ccsc2c1=O. The van der Waals surface area contributed by atoms with Gasteiger partial charge in [0.05, 0.1) is 5.52 Å². The van der Waals surface area contributed by atoms with Crippen molar-refractivity contribution in [2.24, 2.45) is 7.05 Å². The van der Waals surface area contributed by atoms with Crippen LogP contribution in [0.2, 0.25) is 5.02 Å². The Labute approximate surface area is 129 Å². The van der Waals surface area contributed by atoms with Crippen molar-refractivity contribution in [1.29, 1.82) is 0 Å². The van der Waals surface area contributed by atoms with Gasteiger partial charge in [-0.05, 0) is 29.1 Å². The first kappa shape index (κ1) is 13.7. The van der Waals surface area contributed by atoms with Crippen LogP contribution in [0.1, 0.15) is 5.56 Å². The van der Waals surface area contributed by atoms with Crippen LogP contribution in [0, 0.1) is 0 Å². The van der Waals surface area contributed by atoms with Gasteiger partial charge in [0, 0.05) is 17.8 Å². The summed E-state index contributed by atoms with van der Waals surface area (Å²) < 4.78 is 2.31. The van der Waals surface area contributed by atoms with Crippen LogP contribution < -0.4 is 5.56 Å². The van der Waals surface area contributed by atoms with Gasteiger partial charge in [0.15, 0.2) is 5.16 Å². The van der Waals surface area contributed by atoms with Gasteiger partial charge in [-0.15, -0.1) is 11.3 Å². The van der Waals surface area contributed by atoms with Gasteiger partial charge in [0.25, 0.3) is 5.56 Å². The number of thioether (sulfide) groups is 1. The predicted octanol–water partition coefficient (Wildman–Crippen LogP) is 3.94. The number of fused-ring (bicyclic) bond motifs is 1. The quantitative estimate of drug-likeness (QED) is 0.541. The lowest BCUT2D eigenvalue weighted by atomic mass is 10.2. The summed E-state index contributed by atoms with van der Waals surface area (Å²) in [5.74, 6) is 0.733. The van der Waals surface area contributed by atoms with Crippen LogP contribution in [0.3, 0.4) is 0 Å². The van der Waals surface area contributed by atoms with Crippen LogP contribution in [0.25, 0.3) is 10.2 Å². The molecule has 3 rings (SSSR count). The average molecular weight is 323 g/mol. The zero-order chi connectivity index (χ0) is 14.1. The molecule has 2 heterocycles. The topological polar surface area (TPSA) is 34.9 Å². The number of hydrogen-bond acceptors (Lipinski definition) is 4. The average Bonchev–Trinajstić information content (AvgIpc) is 2.90. The molecule has 0 unspecified atom stereocenters. The number of halogens is 1. The fourth-order valence-electron chi connectivity index (χ4n) is 1.87. The zero-order valence-corrected chi connectivity index (χ0v) is 13.1. The van der Waals surface area contributed by atoms with E-state index in [2.05, 4.69) is 4.98 Å². The number of aromatic nitrogens is 2. The molecule has 0 fully saturated rings. The molecule has 0 aliphatic carbocycles. The lowest BCUT2D eigenvalue weighted by Gasteiger charge is -2.07. The van der Waals surface area contributed by atoms with Gasteiger partial charge in [0.1, 0.15) is 4.70 Å². The largest absolute Gasteiger partial charge is 0.290 e. The number of rotatable bonds is 3. The van der Waals surface area contributed by atoms with E-state index in [0.717, 1.165) is 27.0 Å². The van der Waals surface area contributed by atoms with Crippen molar-refractivity contribution in [3.8, 4) is 0 Å². The maximum atomic E-state index is 12.2. The van der Waals surface area contributed by atoms with Crippen LogP contribution in [-0.2, 0) is 12.8 Å². The van der Waals surface area contributed by atoms with E-state index >= 15 is 0 Å². The molecule has 0 aliphatic heterocycles. The molecule has 0 amide bonds. The molecule has 0 bridgehead atoms. The van der Waals surface area contributed by atoms with Crippen molar-refractivity contribution in [2.45, 2.75) is 10.9 Å². The number of benzene rings is 1. The molecule has 0 saturated carbocycles. The number of nitrogens with zero attached hydrogens (tertiary/aromatic N) is 2. The molecular formula is C14H11ClN2OS2. The molecule has 0 N–H and O–H groups in total. The maximum Gasteiger partial charge on any atom is 0.271 e. The van der Waals surface area contributed by atoms with Crippen LogP contribution in [0.15, 0.2) is 45.7 Å². The molecule has 0 saturated heterocycles. The minimum absolute atomic E-state index is 0.0126.